The van der Waals surface area contributed by atoms with Crippen LogP contribution in [0.1, 0.15) is 26.7 Å². The van der Waals surface area contributed by atoms with Crippen LogP contribution in [0.4, 0.5) is 0 Å². The van der Waals surface area contributed by atoms with Gasteiger partial charge >= 0.3 is 0 Å². The number of imide groups is 1. The van der Waals surface area contributed by atoms with Crippen molar-refractivity contribution in [2.45, 2.75) is 32.7 Å². The molecule has 4 nitrogen and oxygen atoms in total. The molecule has 0 aromatic rings. The number of piperidine rings is 1. The molecular weight excluding hydrogens is 180 g/mol. The van der Waals surface area contributed by atoms with E-state index < -0.39 is 0 Å². The highest BCUT2D eigenvalue weighted by molar-refractivity contribution is 5.98. The summed E-state index contributed by atoms with van der Waals surface area (Å²) >= 11 is 0. The van der Waals surface area contributed by atoms with Crippen LogP contribution in [0.3, 0.4) is 0 Å². The number of likely N-dealkylation sites (tertiary alicyclic amines) is 1. The summed E-state index contributed by atoms with van der Waals surface area (Å²) < 4.78 is 0. The Bertz CT molecular complexity index is 240. The Morgan fingerprint density at radius 3 is 2.79 bits per heavy atom. The summed E-state index contributed by atoms with van der Waals surface area (Å²) in [6.45, 7) is 4.32. The molecule has 1 rings (SSSR count). The van der Waals surface area contributed by atoms with Gasteiger partial charge in [-0.1, -0.05) is 6.92 Å². The zero-order valence-corrected chi connectivity index (χ0v) is 9.04. The fourth-order valence-corrected chi connectivity index (χ4v) is 1.54. The first-order chi connectivity index (χ1) is 6.56. The van der Waals surface area contributed by atoms with E-state index in [2.05, 4.69) is 5.32 Å². The van der Waals surface area contributed by atoms with Crippen molar-refractivity contribution in [3.05, 3.63) is 0 Å². The zero-order valence-electron chi connectivity index (χ0n) is 9.04. The van der Waals surface area contributed by atoms with Gasteiger partial charge in [0, 0.05) is 24.9 Å². The Kier molecular flexibility index (Phi) is 3.63. The summed E-state index contributed by atoms with van der Waals surface area (Å²) in [5.74, 6) is -0.0599. The van der Waals surface area contributed by atoms with Crippen molar-refractivity contribution in [1.29, 1.82) is 0 Å². The van der Waals surface area contributed by atoms with E-state index in [1.807, 2.05) is 20.9 Å². The van der Waals surface area contributed by atoms with Gasteiger partial charge in [-0.2, -0.15) is 0 Å². The number of hydrogen-bond donors (Lipinski definition) is 1. The largest absolute Gasteiger partial charge is 0.315 e. The molecule has 14 heavy (non-hydrogen) atoms. The number of nitrogens with one attached hydrogen (secondary N) is 1. The van der Waals surface area contributed by atoms with Crippen LogP contribution >= 0.6 is 0 Å². The number of hydrogen-bond acceptors (Lipinski definition) is 3. The summed E-state index contributed by atoms with van der Waals surface area (Å²) in [6.07, 6.45) is 1.20. The fraction of sp³-hybridized carbons (Fsp3) is 0.800. The van der Waals surface area contributed by atoms with Gasteiger partial charge < -0.3 is 5.32 Å². The quantitative estimate of drug-likeness (QED) is 0.667. The molecule has 2 unspecified atom stereocenters. The van der Waals surface area contributed by atoms with Gasteiger partial charge in [0.25, 0.3) is 0 Å². The molecule has 1 fully saturated rings. The molecule has 1 N–H and O–H groups in total. The Labute approximate surface area is 84.7 Å². The first kappa shape index (κ1) is 11.2. The molecular formula is C10H18N2O2. The van der Waals surface area contributed by atoms with E-state index in [0.29, 0.717) is 19.4 Å². The summed E-state index contributed by atoms with van der Waals surface area (Å²) in [4.78, 5) is 24.5. The van der Waals surface area contributed by atoms with Crippen LogP contribution in [0.15, 0.2) is 0 Å². The number of amides is 2. The van der Waals surface area contributed by atoms with E-state index in [4.69, 9.17) is 0 Å². The molecule has 0 saturated carbocycles. The van der Waals surface area contributed by atoms with Crippen molar-refractivity contribution >= 4 is 11.8 Å². The molecule has 0 spiro atoms. The van der Waals surface area contributed by atoms with Crippen LogP contribution in [0, 0.1) is 5.92 Å². The first-order valence-electron chi connectivity index (χ1n) is 5.07. The summed E-state index contributed by atoms with van der Waals surface area (Å²) in [6, 6.07) is 0.160. The zero-order chi connectivity index (χ0) is 10.7. The van der Waals surface area contributed by atoms with Gasteiger partial charge in [-0.25, -0.2) is 0 Å². The van der Waals surface area contributed by atoms with Gasteiger partial charge in [-0.05, 0) is 20.4 Å². The second-order valence-electron chi connectivity index (χ2n) is 3.97. The lowest BCUT2D eigenvalue weighted by Gasteiger charge is -2.30. The standard InChI is InChI=1S/C10H18N2O2/c1-7-4-5-9(13)12(10(7)14)6-8(2)11-3/h7-8,11H,4-6H2,1-3H3. The summed E-state index contributed by atoms with van der Waals surface area (Å²) in [7, 11) is 1.83. The van der Waals surface area contributed by atoms with E-state index in [0.717, 1.165) is 0 Å². The molecule has 1 aliphatic rings. The van der Waals surface area contributed by atoms with Crippen molar-refractivity contribution in [3.63, 3.8) is 0 Å². The minimum Gasteiger partial charge on any atom is -0.315 e. The van der Waals surface area contributed by atoms with E-state index in [1.54, 1.807) is 0 Å². The maximum Gasteiger partial charge on any atom is 0.232 e. The Morgan fingerprint density at radius 2 is 2.21 bits per heavy atom. The van der Waals surface area contributed by atoms with Gasteiger partial charge in [0.1, 0.15) is 0 Å². The van der Waals surface area contributed by atoms with Crippen LogP contribution in [0.2, 0.25) is 0 Å². The molecule has 4 heteroatoms. The molecule has 80 valence electrons. The maximum absolute atomic E-state index is 11.7. The monoisotopic (exact) mass is 198 g/mol. The third-order valence-corrected chi connectivity index (χ3v) is 2.73. The van der Waals surface area contributed by atoms with Gasteiger partial charge in [0.05, 0.1) is 0 Å². The molecule has 0 aromatic heterocycles. The topological polar surface area (TPSA) is 49.4 Å². The van der Waals surface area contributed by atoms with Crippen LogP contribution < -0.4 is 5.32 Å². The highest BCUT2D eigenvalue weighted by Crippen LogP contribution is 2.18. The van der Waals surface area contributed by atoms with Crippen LogP contribution in [-0.2, 0) is 9.59 Å². The minimum atomic E-state index is -0.0322. The van der Waals surface area contributed by atoms with Gasteiger partial charge in [-0.3, -0.25) is 14.5 Å². The molecule has 0 bridgehead atoms. The van der Waals surface area contributed by atoms with Gasteiger partial charge in [0.2, 0.25) is 11.8 Å². The third kappa shape index (κ3) is 2.32. The second-order valence-corrected chi connectivity index (χ2v) is 3.97. The predicted octanol–water partition coefficient (Wildman–Crippen LogP) is 0.379. The highest BCUT2D eigenvalue weighted by Gasteiger charge is 2.31. The number of rotatable bonds is 3. The van der Waals surface area contributed by atoms with Crippen LogP contribution in [0.5, 0.6) is 0 Å². The SMILES string of the molecule is CNC(C)CN1C(=O)CCC(C)C1=O. The Balaban J connectivity index is 2.63. The minimum absolute atomic E-state index is 0.00300. The number of nitrogens with zero attached hydrogens (tertiary/aromatic N) is 1. The van der Waals surface area contributed by atoms with E-state index in [-0.39, 0.29) is 23.8 Å². The van der Waals surface area contributed by atoms with E-state index in [9.17, 15) is 9.59 Å². The normalized spacial score (nSPS) is 25.4. The lowest BCUT2D eigenvalue weighted by atomic mass is 9.98. The molecule has 2 atom stereocenters. The smallest absolute Gasteiger partial charge is 0.232 e. The Morgan fingerprint density at radius 1 is 1.57 bits per heavy atom. The predicted molar refractivity (Wildman–Crippen MR) is 53.6 cm³/mol. The first-order valence-corrected chi connectivity index (χ1v) is 5.07. The molecule has 0 aromatic carbocycles. The number of carbonyl (C=O) groups is 2. The van der Waals surface area contributed by atoms with Crippen molar-refractivity contribution < 1.29 is 9.59 Å². The third-order valence-electron chi connectivity index (χ3n) is 2.73. The molecule has 0 radical (unpaired) electrons. The molecule has 0 aliphatic carbocycles. The molecule has 1 saturated heterocycles. The average molecular weight is 198 g/mol. The molecule has 2 amide bonds. The average Bonchev–Trinajstić information content (AvgIpc) is 2.18. The van der Waals surface area contributed by atoms with Crippen molar-refractivity contribution in [2.24, 2.45) is 5.92 Å². The lowest BCUT2D eigenvalue weighted by molar-refractivity contribution is -0.151. The van der Waals surface area contributed by atoms with Gasteiger partial charge in [-0.15, -0.1) is 0 Å². The van der Waals surface area contributed by atoms with Crippen LogP contribution in [-0.4, -0.2) is 36.3 Å². The van der Waals surface area contributed by atoms with E-state index >= 15 is 0 Å². The van der Waals surface area contributed by atoms with Crippen molar-refractivity contribution in [3.8, 4) is 0 Å². The fourth-order valence-electron chi connectivity index (χ4n) is 1.54. The van der Waals surface area contributed by atoms with Crippen LogP contribution in [0.25, 0.3) is 0 Å². The number of likely N-dealkylation sites (N-methyl/N-ethyl adjacent to an activating group) is 1. The molecule has 1 heterocycles. The number of carbonyl (C=O) groups excluding carboxylic acids is 2. The van der Waals surface area contributed by atoms with Crippen molar-refractivity contribution in [2.75, 3.05) is 13.6 Å². The molecule has 1 aliphatic heterocycles. The van der Waals surface area contributed by atoms with Crippen molar-refractivity contribution in [1.82, 2.24) is 10.2 Å². The summed E-state index contributed by atoms with van der Waals surface area (Å²) in [5.41, 5.74) is 0. The maximum atomic E-state index is 11.7. The second kappa shape index (κ2) is 4.55. The highest BCUT2D eigenvalue weighted by atomic mass is 16.2. The lowest BCUT2D eigenvalue weighted by Crippen LogP contribution is -2.49. The van der Waals surface area contributed by atoms with E-state index in [1.165, 1.54) is 4.90 Å². The van der Waals surface area contributed by atoms with Gasteiger partial charge in [0.15, 0.2) is 0 Å². The summed E-state index contributed by atoms with van der Waals surface area (Å²) in [5, 5.41) is 3.02. The Hall–Kier alpha value is -0.900.